The zero-order chi connectivity index (χ0) is 13.0. The van der Waals surface area contributed by atoms with Crippen molar-refractivity contribution in [3.63, 3.8) is 0 Å². The second-order valence-electron chi connectivity index (χ2n) is 4.13. The molecule has 0 amide bonds. The van der Waals surface area contributed by atoms with Crippen LogP contribution in [0.5, 0.6) is 0 Å². The minimum atomic E-state index is -0.212. The van der Waals surface area contributed by atoms with Crippen molar-refractivity contribution in [1.82, 2.24) is 4.98 Å². The summed E-state index contributed by atoms with van der Waals surface area (Å²) in [7, 11) is 3.87. The van der Waals surface area contributed by atoms with Crippen LogP contribution in [0.2, 0.25) is 0 Å². The van der Waals surface area contributed by atoms with Gasteiger partial charge < -0.3 is 4.90 Å². The molecule has 0 saturated carbocycles. The molecule has 17 heavy (non-hydrogen) atoms. The van der Waals surface area contributed by atoms with Crippen LogP contribution in [0.4, 0.5) is 10.2 Å². The monoisotopic (exact) mass is 236 g/mol. The van der Waals surface area contributed by atoms with Crippen molar-refractivity contribution in [2.45, 2.75) is 33.1 Å². The predicted octanol–water partition coefficient (Wildman–Crippen LogP) is 3.66. The number of aryl methyl sites for hydroxylation is 1. The minimum absolute atomic E-state index is 0.212. The zero-order valence-corrected chi connectivity index (χ0v) is 11.3. The average molecular weight is 236 g/mol. The van der Waals surface area contributed by atoms with Crippen LogP contribution in [0.15, 0.2) is 18.2 Å². The molecule has 0 aromatic carbocycles. The fourth-order valence-corrected chi connectivity index (χ4v) is 1.72. The molecule has 0 saturated heterocycles. The third-order valence-corrected chi connectivity index (χ3v) is 2.74. The highest BCUT2D eigenvalue weighted by molar-refractivity contribution is 5.51. The Hall–Kier alpha value is -1.38. The third kappa shape index (κ3) is 2.84. The summed E-state index contributed by atoms with van der Waals surface area (Å²) in [6.07, 6.45) is 5.19. The van der Waals surface area contributed by atoms with Gasteiger partial charge in [0.25, 0.3) is 0 Å². The lowest BCUT2D eigenvalue weighted by Gasteiger charge is -2.24. The summed E-state index contributed by atoms with van der Waals surface area (Å²) in [6.45, 7) is 5.70. The van der Waals surface area contributed by atoms with Crippen molar-refractivity contribution in [3.8, 4) is 0 Å². The van der Waals surface area contributed by atoms with Crippen molar-refractivity contribution in [1.29, 1.82) is 0 Å². The smallest absolute Gasteiger partial charge is 0.144 e. The summed E-state index contributed by atoms with van der Waals surface area (Å²) in [4.78, 5) is 6.23. The number of halogens is 1. The molecule has 1 heterocycles. The van der Waals surface area contributed by atoms with Crippen molar-refractivity contribution >= 4 is 5.82 Å². The Kier molecular flexibility index (Phi) is 4.67. The first kappa shape index (κ1) is 13.7. The summed E-state index contributed by atoms with van der Waals surface area (Å²) >= 11 is 0. The van der Waals surface area contributed by atoms with Gasteiger partial charge in [0.2, 0.25) is 0 Å². The molecule has 1 aromatic rings. The second kappa shape index (κ2) is 5.80. The van der Waals surface area contributed by atoms with E-state index in [1.165, 1.54) is 0 Å². The van der Waals surface area contributed by atoms with Crippen LogP contribution in [0.3, 0.4) is 0 Å². The molecular weight excluding hydrogens is 215 g/mol. The highest BCUT2D eigenvalue weighted by atomic mass is 19.1. The number of nitrogens with zero attached hydrogens (tertiary/aromatic N) is 2. The highest BCUT2D eigenvalue weighted by Gasteiger charge is 2.20. The van der Waals surface area contributed by atoms with E-state index in [2.05, 4.69) is 17.1 Å². The van der Waals surface area contributed by atoms with E-state index < -0.39 is 0 Å². The van der Waals surface area contributed by atoms with Gasteiger partial charge in [-0.15, -0.1) is 0 Å². The summed E-state index contributed by atoms with van der Waals surface area (Å²) in [5.74, 6) is 1.00. The maximum atomic E-state index is 13.4. The van der Waals surface area contributed by atoms with Gasteiger partial charge >= 0.3 is 0 Å². The van der Waals surface area contributed by atoms with Crippen LogP contribution in [0.25, 0.3) is 0 Å². The second-order valence-corrected chi connectivity index (χ2v) is 4.13. The lowest BCUT2D eigenvalue weighted by molar-refractivity contribution is 0.603. The predicted molar refractivity (Wildman–Crippen MR) is 71.1 cm³/mol. The number of anilines is 1. The quantitative estimate of drug-likeness (QED) is 0.728. The van der Waals surface area contributed by atoms with E-state index in [4.69, 9.17) is 0 Å². The average Bonchev–Trinajstić information content (AvgIpc) is 2.23. The van der Waals surface area contributed by atoms with E-state index in [0.717, 1.165) is 17.8 Å². The van der Waals surface area contributed by atoms with Crippen LogP contribution in [0.1, 0.15) is 37.4 Å². The van der Waals surface area contributed by atoms with Gasteiger partial charge in [0.05, 0.1) is 5.69 Å². The Bertz CT molecular complexity index is 411. The number of hydrogen-bond acceptors (Lipinski definition) is 2. The molecule has 2 rings (SSSR count). The molecule has 0 bridgehead atoms. The molecule has 1 aliphatic rings. The SMILES string of the molecule is CC.Cc1nc(N(C)C)c(C2C=CC2)cc1F. The molecule has 3 heteroatoms. The Balaban J connectivity index is 0.000000686. The van der Waals surface area contributed by atoms with Gasteiger partial charge in [-0.25, -0.2) is 9.37 Å². The zero-order valence-electron chi connectivity index (χ0n) is 11.3. The van der Waals surface area contributed by atoms with Crippen molar-refractivity contribution in [3.05, 3.63) is 35.3 Å². The van der Waals surface area contributed by atoms with Gasteiger partial charge in [0.15, 0.2) is 0 Å². The van der Waals surface area contributed by atoms with E-state index in [0.29, 0.717) is 11.6 Å². The van der Waals surface area contributed by atoms with Crippen LogP contribution >= 0.6 is 0 Å². The highest BCUT2D eigenvalue weighted by Crippen LogP contribution is 2.34. The summed E-state index contributed by atoms with van der Waals surface area (Å²) in [5.41, 5.74) is 1.45. The topological polar surface area (TPSA) is 16.1 Å². The molecule has 0 N–H and O–H groups in total. The van der Waals surface area contributed by atoms with Crippen LogP contribution in [-0.2, 0) is 0 Å². The molecule has 94 valence electrons. The summed E-state index contributed by atoms with van der Waals surface area (Å²) in [5, 5.41) is 0. The van der Waals surface area contributed by atoms with E-state index in [1.807, 2.05) is 32.8 Å². The number of aromatic nitrogens is 1. The van der Waals surface area contributed by atoms with Crippen molar-refractivity contribution in [2.24, 2.45) is 0 Å². The maximum Gasteiger partial charge on any atom is 0.144 e. The molecule has 1 aromatic heterocycles. The van der Waals surface area contributed by atoms with Crippen LogP contribution < -0.4 is 4.90 Å². The normalized spacial score (nSPS) is 16.9. The molecule has 2 nitrogen and oxygen atoms in total. The van der Waals surface area contributed by atoms with E-state index in [-0.39, 0.29) is 5.82 Å². The van der Waals surface area contributed by atoms with Crippen LogP contribution in [0, 0.1) is 12.7 Å². The Morgan fingerprint density at radius 1 is 1.35 bits per heavy atom. The molecule has 0 radical (unpaired) electrons. The summed E-state index contributed by atoms with van der Waals surface area (Å²) < 4.78 is 13.4. The van der Waals surface area contributed by atoms with Gasteiger partial charge in [-0.3, -0.25) is 0 Å². The maximum absolute atomic E-state index is 13.4. The van der Waals surface area contributed by atoms with E-state index in [1.54, 1.807) is 13.0 Å². The molecule has 0 fully saturated rings. The first-order valence-corrected chi connectivity index (χ1v) is 6.10. The number of hydrogen-bond donors (Lipinski definition) is 0. The Labute approximate surface area is 103 Å². The first-order chi connectivity index (χ1) is 8.09. The molecular formula is C14H21FN2. The van der Waals surface area contributed by atoms with Crippen molar-refractivity contribution < 1.29 is 4.39 Å². The van der Waals surface area contributed by atoms with E-state index >= 15 is 0 Å². The lowest BCUT2D eigenvalue weighted by atomic mass is 9.88. The van der Waals surface area contributed by atoms with Gasteiger partial charge in [-0.05, 0) is 19.4 Å². The van der Waals surface area contributed by atoms with Crippen molar-refractivity contribution in [2.75, 3.05) is 19.0 Å². The number of pyridine rings is 1. The van der Waals surface area contributed by atoms with Gasteiger partial charge in [0, 0.05) is 25.6 Å². The van der Waals surface area contributed by atoms with Gasteiger partial charge in [-0.1, -0.05) is 26.0 Å². The van der Waals surface area contributed by atoms with Gasteiger partial charge in [-0.2, -0.15) is 0 Å². The largest absolute Gasteiger partial charge is 0.362 e. The molecule has 1 aliphatic carbocycles. The standard InChI is InChI=1S/C12H15FN2.C2H6/c1-8-11(13)7-10(9-5-4-6-9)12(14-8)15(2)3;1-2/h4-5,7,9H,6H2,1-3H3;1-2H3. The molecule has 1 atom stereocenters. The lowest BCUT2D eigenvalue weighted by Crippen LogP contribution is -2.17. The molecule has 0 aliphatic heterocycles. The Morgan fingerprint density at radius 2 is 1.94 bits per heavy atom. The first-order valence-electron chi connectivity index (χ1n) is 6.10. The summed E-state index contributed by atoms with van der Waals surface area (Å²) in [6, 6.07) is 1.62. The van der Waals surface area contributed by atoms with Gasteiger partial charge in [0.1, 0.15) is 11.6 Å². The minimum Gasteiger partial charge on any atom is -0.362 e. The number of allylic oxidation sites excluding steroid dienone is 2. The third-order valence-electron chi connectivity index (χ3n) is 2.74. The van der Waals surface area contributed by atoms with E-state index in [9.17, 15) is 4.39 Å². The molecule has 0 spiro atoms. The fourth-order valence-electron chi connectivity index (χ4n) is 1.72. The fraction of sp³-hybridized carbons (Fsp3) is 0.500. The molecule has 1 unspecified atom stereocenters. The van der Waals surface area contributed by atoms with Crippen LogP contribution in [-0.4, -0.2) is 19.1 Å². The Morgan fingerprint density at radius 3 is 2.35 bits per heavy atom. The number of rotatable bonds is 2.